The fraction of sp³-hybridized carbons (Fsp3) is 0.667. The highest BCUT2D eigenvalue weighted by Gasteiger charge is 2.22. The van der Waals surface area contributed by atoms with Gasteiger partial charge in [-0.1, -0.05) is 5.21 Å². The molecule has 1 unspecified atom stereocenters. The van der Waals surface area contributed by atoms with Gasteiger partial charge in [-0.05, 0) is 0 Å². The van der Waals surface area contributed by atoms with Crippen LogP contribution in [0.4, 0.5) is 8.78 Å². The first-order valence-electron chi connectivity index (χ1n) is 2.41. The van der Waals surface area contributed by atoms with Gasteiger partial charge in [-0.3, -0.25) is 0 Å². The Labute approximate surface area is 54.1 Å². The van der Waals surface area contributed by atoms with Crippen molar-refractivity contribution >= 4 is 0 Å². The van der Waals surface area contributed by atoms with Crippen molar-refractivity contribution in [2.24, 2.45) is 0 Å². The molecule has 1 atom stereocenters. The van der Waals surface area contributed by atoms with Gasteiger partial charge in [-0.2, -0.15) is 5.21 Å². The van der Waals surface area contributed by atoms with Crippen LogP contribution in [0, 0.1) is 0 Å². The number of aromatic nitrogens is 4. The number of alkyl halides is 2. The van der Waals surface area contributed by atoms with Gasteiger partial charge in [-0.25, -0.2) is 8.78 Å². The summed E-state index contributed by atoms with van der Waals surface area (Å²) in [5.41, 5.74) is 0. The number of aliphatic hydroxyl groups is 1. The van der Waals surface area contributed by atoms with Gasteiger partial charge in [0.2, 0.25) is 5.82 Å². The van der Waals surface area contributed by atoms with Crippen molar-refractivity contribution in [1.29, 1.82) is 0 Å². The maximum atomic E-state index is 11.6. The third-order valence-corrected chi connectivity index (χ3v) is 0.865. The van der Waals surface area contributed by atoms with Crippen molar-refractivity contribution in [3.63, 3.8) is 0 Å². The Kier molecular flexibility index (Phi) is 1.86. The minimum absolute atomic E-state index is 0.394. The highest BCUT2D eigenvalue weighted by molar-refractivity contribution is 4.84. The first-order valence-corrected chi connectivity index (χ1v) is 2.41. The molecular formula is C3H4F2N4O. The molecule has 0 saturated carbocycles. The molecule has 1 aromatic heterocycles. The molecule has 1 aromatic rings. The third-order valence-electron chi connectivity index (χ3n) is 0.865. The zero-order chi connectivity index (χ0) is 7.56. The van der Waals surface area contributed by atoms with Crippen molar-refractivity contribution in [2.75, 3.05) is 0 Å². The second-order valence-electron chi connectivity index (χ2n) is 1.55. The van der Waals surface area contributed by atoms with Crippen LogP contribution in [0.2, 0.25) is 0 Å². The minimum Gasteiger partial charge on any atom is -0.379 e. The third kappa shape index (κ3) is 1.24. The fourth-order valence-electron chi connectivity index (χ4n) is 0.408. The SMILES string of the molecule is OC(c1nn[nH]n1)C(F)F. The second kappa shape index (κ2) is 2.65. The number of tetrazole rings is 1. The number of aromatic amines is 1. The zero-order valence-corrected chi connectivity index (χ0v) is 4.70. The van der Waals surface area contributed by atoms with Crippen molar-refractivity contribution < 1.29 is 13.9 Å². The Morgan fingerprint density at radius 3 is 2.60 bits per heavy atom. The van der Waals surface area contributed by atoms with E-state index in [0.717, 1.165) is 0 Å². The molecule has 0 aliphatic heterocycles. The van der Waals surface area contributed by atoms with Gasteiger partial charge in [0.1, 0.15) is 0 Å². The van der Waals surface area contributed by atoms with E-state index in [4.69, 9.17) is 5.11 Å². The molecule has 0 aliphatic rings. The maximum absolute atomic E-state index is 11.6. The topological polar surface area (TPSA) is 74.7 Å². The largest absolute Gasteiger partial charge is 0.379 e. The summed E-state index contributed by atoms with van der Waals surface area (Å²) in [6, 6.07) is 0. The summed E-state index contributed by atoms with van der Waals surface area (Å²) in [5, 5.41) is 19.8. The number of aliphatic hydroxyl groups excluding tert-OH is 1. The second-order valence-corrected chi connectivity index (χ2v) is 1.55. The molecule has 0 spiro atoms. The van der Waals surface area contributed by atoms with Crippen molar-refractivity contribution in [2.45, 2.75) is 12.5 Å². The van der Waals surface area contributed by atoms with Gasteiger partial charge in [0, 0.05) is 0 Å². The molecule has 0 saturated heterocycles. The summed E-state index contributed by atoms with van der Waals surface area (Å²) in [4.78, 5) is 0. The van der Waals surface area contributed by atoms with Crippen molar-refractivity contribution in [3.8, 4) is 0 Å². The molecule has 0 amide bonds. The normalized spacial score (nSPS) is 14.0. The molecule has 0 radical (unpaired) electrons. The summed E-state index contributed by atoms with van der Waals surface area (Å²) >= 11 is 0. The summed E-state index contributed by atoms with van der Waals surface area (Å²) in [7, 11) is 0. The first-order chi connectivity index (χ1) is 4.72. The van der Waals surface area contributed by atoms with Gasteiger partial charge in [0.15, 0.2) is 6.10 Å². The Bertz CT molecular complexity index is 188. The number of nitrogens with zero attached hydrogens (tertiary/aromatic N) is 3. The minimum atomic E-state index is -2.88. The number of nitrogens with one attached hydrogen (secondary N) is 1. The molecule has 1 rings (SSSR count). The number of halogens is 2. The lowest BCUT2D eigenvalue weighted by molar-refractivity contribution is -0.0108. The summed E-state index contributed by atoms with van der Waals surface area (Å²) in [6.45, 7) is 0. The monoisotopic (exact) mass is 150 g/mol. The fourth-order valence-corrected chi connectivity index (χ4v) is 0.408. The van der Waals surface area contributed by atoms with Gasteiger partial charge in [0.25, 0.3) is 6.43 Å². The van der Waals surface area contributed by atoms with Gasteiger partial charge < -0.3 is 5.11 Å². The van der Waals surface area contributed by atoms with Crippen LogP contribution in [0.1, 0.15) is 11.9 Å². The number of H-pyrrole nitrogens is 1. The van der Waals surface area contributed by atoms with Crippen LogP contribution in [0.15, 0.2) is 0 Å². The summed E-state index contributed by atoms with van der Waals surface area (Å²) < 4.78 is 23.2. The van der Waals surface area contributed by atoms with Crippen LogP contribution in [0.25, 0.3) is 0 Å². The lowest BCUT2D eigenvalue weighted by Crippen LogP contribution is -2.09. The van der Waals surface area contributed by atoms with Gasteiger partial charge >= 0.3 is 0 Å². The van der Waals surface area contributed by atoms with Crippen LogP contribution in [-0.2, 0) is 0 Å². The molecule has 5 nitrogen and oxygen atoms in total. The number of hydrogen-bond donors (Lipinski definition) is 2. The molecule has 56 valence electrons. The van der Waals surface area contributed by atoms with Crippen molar-refractivity contribution in [1.82, 2.24) is 20.6 Å². The smallest absolute Gasteiger partial charge is 0.271 e. The highest BCUT2D eigenvalue weighted by atomic mass is 19.3. The molecule has 0 aliphatic carbocycles. The molecule has 10 heavy (non-hydrogen) atoms. The van der Waals surface area contributed by atoms with Gasteiger partial charge in [-0.15, -0.1) is 10.2 Å². The van der Waals surface area contributed by atoms with E-state index >= 15 is 0 Å². The summed E-state index contributed by atoms with van der Waals surface area (Å²) in [5.74, 6) is -0.394. The Morgan fingerprint density at radius 1 is 1.50 bits per heavy atom. The molecule has 0 fully saturated rings. The lowest BCUT2D eigenvalue weighted by atomic mass is 10.4. The van der Waals surface area contributed by atoms with Crippen molar-refractivity contribution in [3.05, 3.63) is 5.82 Å². The molecule has 0 aromatic carbocycles. The van der Waals surface area contributed by atoms with Crippen LogP contribution < -0.4 is 0 Å². The number of hydrogen-bond acceptors (Lipinski definition) is 4. The van der Waals surface area contributed by atoms with E-state index in [0.29, 0.717) is 0 Å². The van der Waals surface area contributed by atoms with Crippen LogP contribution in [0.5, 0.6) is 0 Å². The van der Waals surface area contributed by atoms with Crippen LogP contribution in [0.3, 0.4) is 0 Å². The van der Waals surface area contributed by atoms with Crippen LogP contribution >= 0.6 is 0 Å². The van der Waals surface area contributed by atoms with Crippen LogP contribution in [-0.4, -0.2) is 32.2 Å². The van der Waals surface area contributed by atoms with E-state index in [-0.39, 0.29) is 0 Å². The van der Waals surface area contributed by atoms with E-state index in [1.807, 2.05) is 5.21 Å². The van der Waals surface area contributed by atoms with E-state index < -0.39 is 18.4 Å². The molecule has 7 heteroatoms. The maximum Gasteiger partial charge on any atom is 0.271 e. The predicted molar refractivity (Wildman–Crippen MR) is 25.1 cm³/mol. The molecule has 1 heterocycles. The van der Waals surface area contributed by atoms with E-state index in [1.165, 1.54) is 0 Å². The summed E-state index contributed by atoms with van der Waals surface area (Å²) in [6.07, 6.45) is -4.82. The zero-order valence-electron chi connectivity index (χ0n) is 4.70. The first kappa shape index (κ1) is 7.00. The average Bonchev–Trinajstić information content (AvgIpc) is 2.36. The molecular weight excluding hydrogens is 146 g/mol. The Balaban J connectivity index is 2.68. The Hall–Kier alpha value is -1.11. The highest BCUT2D eigenvalue weighted by Crippen LogP contribution is 2.14. The Morgan fingerprint density at radius 2 is 2.20 bits per heavy atom. The molecule has 0 bridgehead atoms. The van der Waals surface area contributed by atoms with Gasteiger partial charge in [0.05, 0.1) is 0 Å². The predicted octanol–water partition coefficient (Wildman–Crippen LogP) is -0.502. The lowest BCUT2D eigenvalue weighted by Gasteiger charge is -2.01. The number of rotatable bonds is 2. The average molecular weight is 150 g/mol. The standard InChI is InChI=1S/C3H4F2N4O/c4-2(5)1(10)3-6-8-9-7-3/h1-2,10H,(H,6,7,8,9). The van der Waals surface area contributed by atoms with E-state index in [1.54, 1.807) is 0 Å². The quantitative estimate of drug-likeness (QED) is 0.595. The van der Waals surface area contributed by atoms with E-state index in [2.05, 4.69) is 15.4 Å². The molecule has 2 N–H and O–H groups in total. The van der Waals surface area contributed by atoms with E-state index in [9.17, 15) is 8.78 Å².